The van der Waals surface area contributed by atoms with Crippen molar-refractivity contribution in [3.05, 3.63) is 58.9 Å². The number of hydrogen-bond acceptors (Lipinski definition) is 7. The van der Waals surface area contributed by atoms with E-state index in [1.807, 2.05) is 51.1 Å². The van der Waals surface area contributed by atoms with Gasteiger partial charge in [0, 0.05) is 30.1 Å². The van der Waals surface area contributed by atoms with Gasteiger partial charge in [-0.25, -0.2) is 9.99 Å². The van der Waals surface area contributed by atoms with E-state index in [2.05, 4.69) is 9.97 Å². The van der Waals surface area contributed by atoms with E-state index in [4.69, 9.17) is 14.6 Å². The van der Waals surface area contributed by atoms with Gasteiger partial charge in [-0.15, -0.1) is 11.3 Å². The average Bonchev–Trinajstić information content (AvgIpc) is 3.20. The smallest absolute Gasteiger partial charge is 0.285 e. The average molecular weight is 451 g/mol. The Morgan fingerprint density at radius 2 is 2.03 bits per heavy atom. The third-order valence-electron chi connectivity index (χ3n) is 5.02. The number of carbonyl (C=O) groups is 1. The second-order valence-electron chi connectivity index (χ2n) is 7.79. The van der Waals surface area contributed by atoms with Crippen LogP contribution in [0.2, 0.25) is 0 Å². The highest BCUT2D eigenvalue weighted by Gasteiger charge is 2.25. The number of pyridine rings is 1. The summed E-state index contributed by atoms with van der Waals surface area (Å²) in [4.78, 5) is 22.6. The first-order valence-corrected chi connectivity index (χ1v) is 11.4. The number of aryl methyl sites for hydroxylation is 1. The fraction of sp³-hybridized carbons (Fsp3) is 0.333. The summed E-state index contributed by atoms with van der Waals surface area (Å²) in [6.07, 6.45) is 5.12. The predicted molar refractivity (Wildman–Crippen MR) is 126 cm³/mol. The number of rotatable bonds is 6. The first-order chi connectivity index (χ1) is 15.5. The molecule has 8 heteroatoms. The topological polar surface area (TPSA) is 76.9 Å². The fourth-order valence-corrected chi connectivity index (χ4v) is 4.52. The molecule has 7 nitrogen and oxygen atoms in total. The Bertz CT molecular complexity index is 1140. The SMILES string of the molecule is COc1ccc(C2=NN(C(=O)c3sc(-c4cccnc4)nc3C)CCC2)cc1OC(C)C. The molecule has 0 saturated heterocycles. The summed E-state index contributed by atoms with van der Waals surface area (Å²) in [7, 11) is 1.62. The Balaban J connectivity index is 1.61. The van der Waals surface area contributed by atoms with Crippen molar-refractivity contribution < 1.29 is 14.3 Å². The van der Waals surface area contributed by atoms with Crippen LogP contribution < -0.4 is 9.47 Å². The predicted octanol–water partition coefficient (Wildman–Crippen LogP) is 4.95. The molecule has 0 fully saturated rings. The highest BCUT2D eigenvalue weighted by Crippen LogP contribution is 2.32. The molecule has 1 aliphatic rings. The van der Waals surface area contributed by atoms with Gasteiger partial charge in [0.2, 0.25) is 0 Å². The number of aromatic nitrogens is 2. The van der Waals surface area contributed by atoms with Crippen LogP contribution in [0.15, 0.2) is 47.8 Å². The Morgan fingerprint density at radius 3 is 2.75 bits per heavy atom. The quantitative estimate of drug-likeness (QED) is 0.531. The van der Waals surface area contributed by atoms with Crippen LogP contribution in [0.4, 0.5) is 0 Å². The number of methoxy groups -OCH3 is 1. The lowest BCUT2D eigenvalue weighted by atomic mass is 10.0. The Morgan fingerprint density at radius 1 is 1.19 bits per heavy atom. The van der Waals surface area contributed by atoms with E-state index in [9.17, 15) is 4.79 Å². The van der Waals surface area contributed by atoms with Crippen LogP contribution in [0.1, 0.15) is 47.6 Å². The van der Waals surface area contributed by atoms with Gasteiger partial charge in [-0.1, -0.05) is 0 Å². The number of nitrogens with zero attached hydrogens (tertiary/aromatic N) is 4. The van der Waals surface area contributed by atoms with E-state index in [0.29, 0.717) is 28.6 Å². The van der Waals surface area contributed by atoms with Crippen LogP contribution in [0.25, 0.3) is 10.6 Å². The van der Waals surface area contributed by atoms with Crippen molar-refractivity contribution >= 4 is 23.0 Å². The minimum Gasteiger partial charge on any atom is -0.493 e. The minimum absolute atomic E-state index is 0.0221. The number of hydrogen-bond donors (Lipinski definition) is 0. The zero-order valence-electron chi connectivity index (χ0n) is 18.7. The van der Waals surface area contributed by atoms with Crippen molar-refractivity contribution in [2.45, 2.75) is 39.7 Å². The summed E-state index contributed by atoms with van der Waals surface area (Å²) in [6, 6.07) is 9.57. The maximum absolute atomic E-state index is 13.3. The van der Waals surface area contributed by atoms with Crippen molar-refractivity contribution in [3.63, 3.8) is 0 Å². The number of amides is 1. The molecule has 0 aliphatic carbocycles. The molecule has 0 radical (unpaired) electrons. The molecule has 0 bridgehead atoms. The van der Waals surface area contributed by atoms with E-state index in [-0.39, 0.29) is 12.0 Å². The molecule has 0 atom stereocenters. The van der Waals surface area contributed by atoms with E-state index in [1.54, 1.807) is 24.5 Å². The molecule has 0 spiro atoms. The normalized spacial score (nSPS) is 13.8. The van der Waals surface area contributed by atoms with Crippen LogP contribution in [0.5, 0.6) is 11.5 Å². The summed E-state index contributed by atoms with van der Waals surface area (Å²) >= 11 is 1.38. The van der Waals surface area contributed by atoms with E-state index < -0.39 is 0 Å². The van der Waals surface area contributed by atoms with Crippen molar-refractivity contribution in [2.75, 3.05) is 13.7 Å². The van der Waals surface area contributed by atoms with Crippen LogP contribution in [-0.4, -0.2) is 46.4 Å². The summed E-state index contributed by atoms with van der Waals surface area (Å²) in [5, 5.41) is 7.04. The molecule has 1 amide bonds. The maximum Gasteiger partial charge on any atom is 0.285 e. The number of ether oxygens (including phenoxy) is 2. The molecule has 0 N–H and O–H groups in total. The lowest BCUT2D eigenvalue weighted by molar-refractivity contribution is 0.0755. The lowest BCUT2D eigenvalue weighted by Crippen LogP contribution is -2.32. The van der Waals surface area contributed by atoms with Crippen molar-refractivity contribution in [2.24, 2.45) is 5.10 Å². The van der Waals surface area contributed by atoms with Gasteiger partial charge in [0.1, 0.15) is 9.88 Å². The van der Waals surface area contributed by atoms with Gasteiger partial charge in [-0.2, -0.15) is 5.10 Å². The monoisotopic (exact) mass is 450 g/mol. The van der Waals surface area contributed by atoms with Crippen molar-refractivity contribution in [1.29, 1.82) is 0 Å². The van der Waals surface area contributed by atoms with Gasteiger partial charge in [0.05, 0.1) is 24.6 Å². The fourth-order valence-electron chi connectivity index (χ4n) is 3.52. The van der Waals surface area contributed by atoms with Crippen LogP contribution in [0.3, 0.4) is 0 Å². The largest absolute Gasteiger partial charge is 0.493 e. The maximum atomic E-state index is 13.3. The van der Waals surface area contributed by atoms with E-state index in [0.717, 1.165) is 34.7 Å². The van der Waals surface area contributed by atoms with Gasteiger partial charge < -0.3 is 9.47 Å². The zero-order valence-corrected chi connectivity index (χ0v) is 19.5. The second-order valence-corrected chi connectivity index (χ2v) is 8.79. The Hall–Kier alpha value is -3.26. The molecule has 2 aromatic heterocycles. The van der Waals surface area contributed by atoms with Gasteiger partial charge >= 0.3 is 0 Å². The van der Waals surface area contributed by atoms with Gasteiger partial charge in [0.15, 0.2) is 11.5 Å². The third kappa shape index (κ3) is 4.65. The summed E-state index contributed by atoms with van der Waals surface area (Å²) < 4.78 is 11.3. The molecule has 0 unspecified atom stereocenters. The first-order valence-electron chi connectivity index (χ1n) is 10.6. The Labute approximate surface area is 191 Å². The number of carbonyl (C=O) groups excluding carboxylic acids is 1. The molecule has 3 aromatic rings. The van der Waals surface area contributed by atoms with Gasteiger partial charge in [0.25, 0.3) is 5.91 Å². The first kappa shape index (κ1) is 22.0. The van der Waals surface area contributed by atoms with Crippen LogP contribution >= 0.6 is 11.3 Å². The van der Waals surface area contributed by atoms with Gasteiger partial charge in [-0.05, 0) is 63.9 Å². The zero-order chi connectivity index (χ0) is 22.7. The highest BCUT2D eigenvalue weighted by molar-refractivity contribution is 7.17. The molecule has 1 aliphatic heterocycles. The Kier molecular flexibility index (Phi) is 6.50. The van der Waals surface area contributed by atoms with Crippen LogP contribution in [-0.2, 0) is 0 Å². The summed E-state index contributed by atoms with van der Waals surface area (Å²) in [5.41, 5.74) is 3.39. The van der Waals surface area contributed by atoms with Crippen molar-refractivity contribution in [1.82, 2.24) is 15.0 Å². The molecule has 166 valence electrons. The number of benzene rings is 1. The van der Waals surface area contributed by atoms with Crippen molar-refractivity contribution in [3.8, 4) is 22.1 Å². The molecule has 3 heterocycles. The molecule has 32 heavy (non-hydrogen) atoms. The standard InChI is InChI=1S/C24H26N4O3S/c1-15(2)31-21-13-17(9-10-20(21)30-4)19-8-6-12-28(27-19)24(29)22-16(3)26-23(32-22)18-7-5-11-25-14-18/h5,7,9-11,13-15H,6,8,12H2,1-4H3. The molecular weight excluding hydrogens is 424 g/mol. The molecule has 1 aromatic carbocycles. The summed E-state index contributed by atoms with van der Waals surface area (Å²) in [6.45, 7) is 6.38. The number of hydrazone groups is 1. The lowest BCUT2D eigenvalue weighted by Gasteiger charge is -2.24. The minimum atomic E-state index is -0.125. The van der Waals surface area contributed by atoms with E-state index in [1.165, 1.54) is 11.3 Å². The van der Waals surface area contributed by atoms with Crippen LogP contribution in [0, 0.1) is 6.92 Å². The van der Waals surface area contributed by atoms with Gasteiger partial charge in [-0.3, -0.25) is 9.78 Å². The highest BCUT2D eigenvalue weighted by atomic mass is 32.1. The van der Waals surface area contributed by atoms with E-state index >= 15 is 0 Å². The molecule has 4 rings (SSSR count). The second kappa shape index (κ2) is 9.48. The third-order valence-corrected chi connectivity index (χ3v) is 6.21. The number of thiazole rings is 1. The molecule has 0 saturated carbocycles. The summed E-state index contributed by atoms with van der Waals surface area (Å²) in [5.74, 6) is 1.22. The molecular formula is C24H26N4O3S.